The summed E-state index contributed by atoms with van der Waals surface area (Å²) < 4.78 is 6.64. The van der Waals surface area contributed by atoms with Crippen LogP contribution in [0.3, 0.4) is 0 Å². The third-order valence-corrected chi connectivity index (χ3v) is 15.5. The highest BCUT2D eigenvalue weighted by Crippen LogP contribution is 2.59. The molecule has 0 spiro atoms. The van der Waals surface area contributed by atoms with Crippen LogP contribution in [0.2, 0.25) is 18.1 Å². The van der Waals surface area contributed by atoms with Crippen molar-refractivity contribution in [3.63, 3.8) is 0 Å². The van der Waals surface area contributed by atoms with Crippen molar-refractivity contribution in [2.24, 2.45) is 35.0 Å². The topological polar surface area (TPSA) is 49.7 Å². The molecule has 3 aliphatic carbocycles. The van der Waals surface area contributed by atoms with E-state index < -0.39 is 14.1 Å². The summed E-state index contributed by atoms with van der Waals surface area (Å²) in [4.78, 5) is 0. The minimum atomic E-state index is -2.08. The van der Waals surface area contributed by atoms with Crippen LogP contribution in [0.15, 0.2) is 47.6 Å². The fourth-order valence-corrected chi connectivity index (χ4v) is 8.28. The van der Waals surface area contributed by atoms with Crippen molar-refractivity contribution < 1.29 is 14.6 Å². The molecule has 0 saturated heterocycles. The van der Waals surface area contributed by atoms with Crippen LogP contribution in [0.1, 0.15) is 100 Å². The van der Waals surface area contributed by atoms with Crippen LogP contribution in [0.5, 0.6) is 0 Å². The maximum atomic E-state index is 10.8. The monoisotopic (exact) mass is 542 g/mol. The van der Waals surface area contributed by atoms with Gasteiger partial charge in [0.1, 0.15) is 0 Å². The third-order valence-electron chi connectivity index (χ3n) is 11.0. The largest absolute Gasteiger partial charge is 0.410 e. The summed E-state index contributed by atoms with van der Waals surface area (Å²) >= 11 is 0. The Hall–Kier alpha value is -0.943. The van der Waals surface area contributed by atoms with E-state index >= 15 is 0 Å². The van der Waals surface area contributed by atoms with Crippen molar-refractivity contribution in [2.45, 2.75) is 130 Å². The minimum Gasteiger partial charge on any atom is -0.410 e. The second-order valence-electron chi connectivity index (χ2n) is 15.1. The Morgan fingerprint density at radius 1 is 1.05 bits per heavy atom. The van der Waals surface area contributed by atoms with Gasteiger partial charge in [-0.25, -0.2) is 0 Å². The molecule has 0 aliphatic heterocycles. The molecule has 0 radical (unpaired) electrons. The van der Waals surface area contributed by atoms with Gasteiger partial charge >= 0.3 is 0 Å². The predicted molar refractivity (Wildman–Crippen MR) is 164 cm³/mol. The minimum absolute atomic E-state index is 0.0505. The van der Waals surface area contributed by atoms with Crippen molar-refractivity contribution in [2.75, 3.05) is 0 Å². The lowest BCUT2D eigenvalue weighted by Gasteiger charge is -2.44. The second kappa shape index (κ2) is 11.5. The lowest BCUT2D eigenvalue weighted by molar-refractivity contribution is -0.180. The van der Waals surface area contributed by atoms with Gasteiger partial charge in [-0.3, -0.25) is 0 Å². The van der Waals surface area contributed by atoms with Crippen LogP contribution >= 0.6 is 0 Å². The summed E-state index contributed by atoms with van der Waals surface area (Å²) in [6, 6.07) is 0. The number of fused-ring (bicyclic) bond motifs is 1. The average Bonchev–Trinajstić information content (AvgIpc) is 3.14. The number of allylic oxidation sites excluding steroid dienone is 5. The van der Waals surface area contributed by atoms with Crippen molar-refractivity contribution in [3.8, 4) is 0 Å². The van der Waals surface area contributed by atoms with Crippen molar-refractivity contribution in [1.82, 2.24) is 0 Å². The molecule has 0 aromatic rings. The first-order valence-electron chi connectivity index (χ1n) is 15.3. The van der Waals surface area contributed by atoms with E-state index in [2.05, 4.69) is 99.4 Å². The summed E-state index contributed by atoms with van der Waals surface area (Å²) in [6.45, 7) is 27.4. The molecule has 0 bridgehead atoms. The van der Waals surface area contributed by atoms with E-state index in [4.69, 9.17) is 4.43 Å². The summed E-state index contributed by atoms with van der Waals surface area (Å²) in [6.07, 6.45) is 15.7. The van der Waals surface area contributed by atoms with E-state index in [1.807, 2.05) is 0 Å². The zero-order valence-corrected chi connectivity index (χ0v) is 27.2. The Morgan fingerprint density at radius 2 is 1.71 bits per heavy atom. The van der Waals surface area contributed by atoms with Crippen LogP contribution in [-0.2, 0) is 4.43 Å². The molecule has 0 heterocycles. The van der Waals surface area contributed by atoms with E-state index in [1.165, 1.54) is 25.7 Å². The lowest BCUT2D eigenvalue weighted by atomic mass is 9.61. The second-order valence-corrected chi connectivity index (χ2v) is 19.9. The Balaban J connectivity index is 1.82. The van der Waals surface area contributed by atoms with Crippen molar-refractivity contribution >= 4 is 8.32 Å². The highest BCUT2D eigenvalue weighted by atomic mass is 28.4. The zero-order valence-electron chi connectivity index (χ0n) is 26.2. The molecule has 3 fully saturated rings. The van der Waals surface area contributed by atoms with Crippen LogP contribution in [0, 0.1) is 35.0 Å². The van der Waals surface area contributed by atoms with Crippen LogP contribution in [0.4, 0.5) is 0 Å². The van der Waals surface area contributed by atoms with Gasteiger partial charge in [-0.15, -0.1) is 0 Å². The lowest BCUT2D eigenvalue weighted by Crippen LogP contribution is -2.49. The summed E-state index contributed by atoms with van der Waals surface area (Å²) in [5.74, 6) is 1.47. The van der Waals surface area contributed by atoms with Gasteiger partial charge in [-0.05, 0) is 96.4 Å². The standard InChI is InChI=1S/C34H58O3Si/c1-23(2)24(3)14-15-25(4)29-18-19-30-27(13-12-20-33(29,30)9)16-17-28-21-34(35,36)22-31(26(28)5)37-38(10,11)32(6,7)8/h14-17,23-25,29-31,35-36H,5,12-13,18-22H2,1-4,6-11H3/b15-14+,27-16+,28-17-/t24-,25+,29+,30-,31+,33+/m0/s1. The molecule has 2 N–H and O–H groups in total. The van der Waals surface area contributed by atoms with Gasteiger partial charge < -0.3 is 14.6 Å². The maximum Gasteiger partial charge on any atom is 0.192 e. The average molecular weight is 543 g/mol. The number of hydrogen-bond donors (Lipinski definition) is 2. The Morgan fingerprint density at radius 3 is 2.32 bits per heavy atom. The maximum absolute atomic E-state index is 10.8. The molecule has 3 nitrogen and oxygen atoms in total. The highest BCUT2D eigenvalue weighted by molar-refractivity contribution is 6.74. The molecule has 6 atom stereocenters. The van der Waals surface area contributed by atoms with E-state index in [1.54, 1.807) is 5.57 Å². The number of aliphatic hydroxyl groups is 2. The molecular formula is C34H58O3Si. The van der Waals surface area contributed by atoms with Gasteiger partial charge in [0, 0.05) is 12.8 Å². The smallest absolute Gasteiger partial charge is 0.192 e. The SMILES string of the molecule is C=C1/C(=C\C=C2/CCC[C@]3(C)[C@@H]([C@H](C)/C=C/[C@H](C)C(C)C)CC[C@@H]23)CC(O)(O)C[C@H]1O[Si](C)(C)C(C)(C)C. The third kappa shape index (κ3) is 6.85. The number of hydrogen-bond acceptors (Lipinski definition) is 3. The van der Waals surface area contributed by atoms with Gasteiger partial charge in [-0.2, -0.15) is 0 Å². The van der Waals surface area contributed by atoms with Crippen LogP contribution in [-0.4, -0.2) is 30.4 Å². The van der Waals surface area contributed by atoms with E-state index in [0.717, 1.165) is 17.6 Å². The molecule has 38 heavy (non-hydrogen) atoms. The van der Waals surface area contributed by atoms with Gasteiger partial charge in [-0.1, -0.05) is 91.8 Å². The quantitative estimate of drug-likeness (QED) is 0.192. The highest BCUT2D eigenvalue weighted by Gasteiger charge is 2.50. The zero-order chi connectivity index (χ0) is 28.7. The van der Waals surface area contributed by atoms with E-state index in [9.17, 15) is 10.2 Å². The van der Waals surface area contributed by atoms with Gasteiger partial charge in [0.15, 0.2) is 14.1 Å². The Kier molecular flexibility index (Phi) is 9.56. The fraction of sp³-hybridized carbons (Fsp3) is 0.765. The molecular weight excluding hydrogens is 484 g/mol. The van der Waals surface area contributed by atoms with Gasteiger partial charge in [0.2, 0.25) is 0 Å². The van der Waals surface area contributed by atoms with Crippen LogP contribution in [0.25, 0.3) is 0 Å². The normalized spacial score (nSPS) is 34.3. The van der Waals surface area contributed by atoms with E-state index in [0.29, 0.717) is 35.0 Å². The Labute approximate surface area is 235 Å². The number of rotatable bonds is 7. The van der Waals surface area contributed by atoms with Gasteiger partial charge in [0.05, 0.1) is 6.10 Å². The summed E-state index contributed by atoms with van der Waals surface area (Å²) in [7, 11) is -2.08. The van der Waals surface area contributed by atoms with E-state index in [-0.39, 0.29) is 24.0 Å². The van der Waals surface area contributed by atoms with Crippen molar-refractivity contribution in [3.05, 3.63) is 47.6 Å². The molecule has 3 rings (SSSR count). The molecule has 3 saturated carbocycles. The molecule has 3 aliphatic rings. The first-order valence-corrected chi connectivity index (χ1v) is 18.2. The molecule has 0 unspecified atom stereocenters. The first kappa shape index (κ1) is 31.6. The van der Waals surface area contributed by atoms with Gasteiger partial charge in [0.25, 0.3) is 0 Å². The summed E-state index contributed by atoms with van der Waals surface area (Å²) in [5.41, 5.74) is 3.73. The molecule has 0 aromatic heterocycles. The molecule has 0 amide bonds. The van der Waals surface area contributed by atoms with Crippen LogP contribution < -0.4 is 0 Å². The summed E-state index contributed by atoms with van der Waals surface area (Å²) in [5, 5.41) is 21.6. The Bertz CT molecular complexity index is 947. The molecule has 4 heteroatoms. The molecule has 216 valence electrons. The van der Waals surface area contributed by atoms with Crippen molar-refractivity contribution in [1.29, 1.82) is 0 Å². The first-order chi connectivity index (χ1) is 17.4. The molecule has 0 aromatic carbocycles. The predicted octanol–water partition coefficient (Wildman–Crippen LogP) is 8.96. The fourth-order valence-electron chi connectivity index (χ4n) is 6.99.